The van der Waals surface area contributed by atoms with Crippen LogP contribution < -0.4 is 0 Å². The first kappa shape index (κ1) is 27.8. The zero-order valence-electron chi connectivity index (χ0n) is 19.7. The van der Waals surface area contributed by atoms with Gasteiger partial charge < -0.3 is 18.9 Å². The zero-order valence-corrected chi connectivity index (χ0v) is 19.7. The van der Waals surface area contributed by atoms with E-state index in [9.17, 15) is 0 Å². The van der Waals surface area contributed by atoms with Gasteiger partial charge in [0.2, 0.25) is 0 Å². The Morgan fingerprint density at radius 1 is 0.786 bits per heavy atom. The standard InChI is InChI=1S/2C10H21NO2.C2H6/c1-4-12-6-5-11-7-9(2)13-10(3)8-11;1-3-6-12-7-4-11-5-8-13-10(2)9-11;1-2/h9-10H,4-8H2,1-3H3;10H,3-9H2,1-2H3;1-2H3/t;10-;/m.0./s1. The van der Waals surface area contributed by atoms with Crippen LogP contribution in [0.5, 0.6) is 0 Å². The van der Waals surface area contributed by atoms with Crippen molar-refractivity contribution >= 4 is 0 Å². The van der Waals surface area contributed by atoms with Gasteiger partial charge in [0.25, 0.3) is 0 Å². The summed E-state index contributed by atoms with van der Waals surface area (Å²) in [6.45, 7) is 25.1. The molecule has 0 amide bonds. The first-order valence-electron chi connectivity index (χ1n) is 11.4. The topological polar surface area (TPSA) is 43.4 Å². The van der Waals surface area contributed by atoms with Gasteiger partial charge in [0, 0.05) is 52.5 Å². The number of morpholine rings is 2. The predicted molar refractivity (Wildman–Crippen MR) is 117 cm³/mol. The molecule has 28 heavy (non-hydrogen) atoms. The SMILES string of the molecule is CC.CCCOCCN1CCO[C@@H](C)C1.CCOCCN1CC(C)OC(C)C1. The molecule has 0 saturated carbocycles. The maximum atomic E-state index is 5.64. The minimum absolute atomic E-state index is 0.366. The molecule has 2 rings (SSSR count). The van der Waals surface area contributed by atoms with E-state index >= 15 is 0 Å². The summed E-state index contributed by atoms with van der Waals surface area (Å²) in [5.74, 6) is 0. The Balaban J connectivity index is 0.000000478. The molecule has 2 heterocycles. The molecule has 0 bridgehead atoms. The second-order valence-corrected chi connectivity index (χ2v) is 7.31. The Morgan fingerprint density at radius 3 is 1.93 bits per heavy atom. The van der Waals surface area contributed by atoms with Crippen molar-refractivity contribution < 1.29 is 18.9 Å². The van der Waals surface area contributed by atoms with Crippen molar-refractivity contribution in [3.8, 4) is 0 Å². The minimum atomic E-state index is 0.366. The van der Waals surface area contributed by atoms with E-state index in [0.29, 0.717) is 18.3 Å². The monoisotopic (exact) mass is 404 g/mol. The van der Waals surface area contributed by atoms with Crippen LogP contribution in [0.15, 0.2) is 0 Å². The molecule has 2 aliphatic heterocycles. The molecule has 0 aromatic rings. The Labute approximate surface area is 174 Å². The molecule has 0 aromatic carbocycles. The van der Waals surface area contributed by atoms with Gasteiger partial charge in [-0.1, -0.05) is 20.8 Å². The Hall–Kier alpha value is -0.240. The Kier molecular flexibility index (Phi) is 18.6. The van der Waals surface area contributed by atoms with Crippen molar-refractivity contribution in [2.24, 2.45) is 0 Å². The number of hydrogen-bond acceptors (Lipinski definition) is 6. The molecule has 0 N–H and O–H groups in total. The average Bonchev–Trinajstić information content (AvgIpc) is 2.67. The second-order valence-electron chi connectivity index (χ2n) is 7.31. The minimum Gasteiger partial charge on any atom is -0.380 e. The largest absolute Gasteiger partial charge is 0.380 e. The fourth-order valence-electron chi connectivity index (χ4n) is 3.34. The third-order valence-corrected chi connectivity index (χ3v) is 4.48. The summed E-state index contributed by atoms with van der Waals surface area (Å²) in [5, 5.41) is 0. The highest BCUT2D eigenvalue weighted by Crippen LogP contribution is 2.09. The van der Waals surface area contributed by atoms with E-state index in [4.69, 9.17) is 18.9 Å². The van der Waals surface area contributed by atoms with E-state index in [1.807, 2.05) is 20.8 Å². The van der Waals surface area contributed by atoms with E-state index in [1.54, 1.807) is 0 Å². The van der Waals surface area contributed by atoms with Crippen molar-refractivity contribution in [3.63, 3.8) is 0 Å². The van der Waals surface area contributed by atoms with Crippen molar-refractivity contribution in [2.45, 2.75) is 73.2 Å². The van der Waals surface area contributed by atoms with Crippen LogP contribution in [0.3, 0.4) is 0 Å². The van der Waals surface area contributed by atoms with Crippen molar-refractivity contribution in [1.29, 1.82) is 0 Å². The van der Waals surface area contributed by atoms with Crippen LogP contribution in [0, 0.1) is 0 Å². The fraction of sp³-hybridized carbons (Fsp3) is 1.00. The molecule has 0 radical (unpaired) electrons. The maximum absolute atomic E-state index is 5.64. The molecule has 0 aromatic heterocycles. The maximum Gasteiger partial charge on any atom is 0.0678 e. The molecule has 0 spiro atoms. The smallest absolute Gasteiger partial charge is 0.0678 e. The molecule has 6 heteroatoms. The first-order valence-corrected chi connectivity index (χ1v) is 11.4. The van der Waals surface area contributed by atoms with Gasteiger partial charge in [0.05, 0.1) is 38.1 Å². The molecule has 170 valence electrons. The summed E-state index contributed by atoms with van der Waals surface area (Å²) in [7, 11) is 0. The van der Waals surface area contributed by atoms with Crippen LogP contribution in [0.2, 0.25) is 0 Å². The first-order chi connectivity index (χ1) is 13.5. The van der Waals surface area contributed by atoms with Crippen LogP contribution in [0.4, 0.5) is 0 Å². The number of nitrogens with zero attached hydrogens (tertiary/aromatic N) is 2. The quantitative estimate of drug-likeness (QED) is 0.550. The highest BCUT2D eigenvalue weighted by atomic mass is 16.5. The summed E-state index contributed by atoms with van der Waals surface area (Å²) in [6, 6.07) is 0. The van der Waals surface area contributed by atoms with Crippen molar-refractivity contribution in [3.05, 3.63) is 0 Å². The van der Waals surface area contributed by atoms with Gasteiger partial charge in [0.15, 0.2) is 0 Å². The van der Waals surface area contributed by atoms with Crippen LogP contribution in [0.25, 0.3) is 0 Å². The molecule has 6 nitrogen and oxygen atoms in total. The third kappa shape index (κ3) is 14.7. The molecule has 0 aliphatic carbocycles. The van der Waals surface area contributed by atoms with Crippen molar-refractivity contribution in [1.82, 2.24) is 9.80 Å². The lowest BCUT2D eigenvalue weighted by molar-refractivity contribution is -0.0727. The Morgan fingerprint density at radius 2 is 1.36 bits per heavy atom. The lowest BCUT2D eigenvalue weighted by atomic mass is 10.2. The number of ether oxygens (including phenoxy) is 4. The molecule has 2 aliphatic rings. The highest BCUT2D eigenvalue weighted by molar-refractivity contribution is 4.72. The van der Waals surface area contributed by atoms with Gasteiger partial charge in [-0.2, -0.15) is 0 Å². The average molecular weight is 405 g/mol. The van der Waals surface area contributed by atoms with E-state index in [-0.39, 0.29) is 0 Å². The Bertz CT molecular complexity index is 324. The lowest BCUT2D eigenvalue weighted by Crippen LogP contribution is -2.46. The van der Waals surface area contributed by atoms with Gasteiger partial charge in [-0.25, -0.2) is 0 Å². The molecule has 2 fully saturated rings. The molecule has 2 saturated heterocycles. The fourth-order valence-corrected chi connectivity index (χ4v) is 3.34. The zero-order chi connectivity index (χ0) is 21.2. The van der Waals surface area contributed by atoms with Crippen molar-refractivity contribution in [2.75, 3.05) is 72.3 Å². The highest BCUT2D eigenvalue weighted by Gasteiger charge is 2.21. The molecular formula is C22H48N2O4. The van der Waals surface area contributed by atoms with Gasteiger partial charge in [0.1, 0.15) is 0 Å². The summed E-state index contributed by atoms with van der Waals surface area (Å²) in [4.78, 5) is 4.82. The third-order valence-electron chi connectivity index (χ3n) is 4.48. The summed E-state index contributed by atoms with van der Waals surface area (Å²) in [5.41, 5.74) is 0. The summed E-state index contributed by atoms with van der Waals surface area (Å²) < 4.78 is 21.9. The van der Waals surface area contributed by atoms with Gasteiger partial charge in [-0.15, -0.1) is 0 Å². The van der Waals surface area contributed by atoms with Crippen LogP contribution >= 0.6 is 0 Å². The number of rotatable bonds is 9. The second kappa shape index (κ2) is 18.8. The van der Waals surface area contributed by atoms with E-state index in [2.05, 4.69) is 37.5 Å². The number of hydrogen-bond donors (Lipinski definition) is 0. The van der Waals surface area contributed by atoms with E-state index < -0.39 is 0 Å². The normalized spacial score (nSPS) is 26.0. The van der Waals surface area contributed by atoms with Crippen LogP contribution in [0.1, 0.15) is 54.9 Å². The molecule has 2 unspecified atom stereocenters. The summed E-state index contributed by atoms with van der Waals surface area (Å²) >= 11 is 0. The van der Waals surface area contributed by atoms with Gasteiger partial charge in [-0.05, 0) is 34.1 Å². The predicted octanol–water partition coefficient (Wildman–Crippen LogP) is 3.29. The van der Waals surface area contributed by atoms with Gasteiger partial charge in [-0.3, -0.25) is 9.80 Å². The van der Waals surface area contributed by atoms with E-state index in [0.717, 1.165) is 78.7 Å². The van der Waals surface area contributed by atoms with Crippen LogP contribution in [-0.2, 0) is 18.9 Å². The molecule has 3 atom stereocenters. The molecular weight excluding hydrogens is 356 g/mol. The summed E-state index contributed by atoms with van der Waals surface area (Å²) in [6.07, 6.45) is 2.23. The van der Waals surface area contributed by atoms with Crippen LogP contribution in [-0.4, -0.2) is 100 Å². The van der Waals surface area contributed by atoms with E-state index in [1.165, 1.54) is 0 Å². The van der Waals surface area contributed by atoms with Gasteiger partial charge >= 0.3 is 0 Å². The lowest BCUT2D eigenvalue weighted by Gasteiger charge is -2.35.